The molecular weight excluding hydrogens is 234 g/mol. The van der Waals surface area contributed by atoms with Gasteiger partial charge in [0.15, 0.2) is 0 Å². The molecule has 18 heavy (non-hydrogen) atoms. The van der Waals surface area contributed by atoms with Crippen molar-refractivity contribution in [3.63, 3.8) is 0 Å². The van der Waals surface area contributed by atoms with Crippen molar-refractivity contribution < 1.29 is 0 Å². The van der Waals surface area contributed by atoms with Gasteiger partial charge in [-0.25, -0.2) is 4.79 Å². The Balaban J connectivity index is 2.22. The summed E-state index contributed by atoms with van der Waals surface area (Å²) in [5.74, 6) is 0. The van der Waals surface area contributed by atoms with Gasteiger partial charge >= 0.3 is 5.69 Å². The Kier molecular flexibility index (Phi) is 3.10. The first-order valence-corrected chi connectivity index (χ1v) is 5.32. The number of nitriles is 1. The molecule has 7 nitrogen and oxygen atoms in total. The third-order valence-corrected chi connectivity index (χ3v) is 2.51. The first-order valence-electron chi connectivity index (χ1n) is 5.32. The molecule has 2 aromatic rings. The number of hydrogen-bond donors (Lipinski definition) is 1. The van der Waals surface area contributed by atoms with Crippen LogP contribution in [0.1, 0.15) is 11.3 Å². The quantitative estimate of drug-likeness (QED) is 0.779. The Morgan fingerprint density at radius 1 is 1.50 bits per heavy atom. The van der Waals surface area contributed by atoms with Crippen LogP contribution in [0.3, 0.4) is 0 Å². The summed E-state index contributed by atoms with van der Waals surface area (Å²) in [5, 5.41) is 12.9. The van der Waals surface area contributed by atoms with Crippen molar-refractivity contribution in [2.45, 2.75) is 13.0 Å². The average molecular weight is 245 g/mol. The number of H-pyrrole nitrogens is 1. The topological polar surface area (TPSA) is 96.5 Å². The molecule has 0 radical (unpaired) electrons. The maximum absolute atomic E-state index is 11.5. The number of aryl methyl sites for hydroxylation is 3. The Morgan fingerprint density at radius 2 is 2.28 bits per heavy atom. The van der Waals surface area contributed by atoms with E-state index in [1.807, 2.05) is 19.3 Å². The highest BCUT2D eigenvalue weighted by atomic mass is 16.2. The molecule has 7 heteroatoms. The second kappa shape index (κ2) is 4.71. The average Bonchev–Trinajstić information content (AvgIpc) is 2.74. The lowest BCUT2D eigenvalue weighted by molar-refractivity contribution is 0.626. The highest BCUT2D eigenvalue weighted by molar-refractivity contribution is 5.21. The molecular formula is C11H11N5O2. The molecule has 0 aliphatic rings. The predicted molar refractivity (Wildman–Crippen MR) is 62.9 cm³/mol. The fraction of sp³-hybridized carbons (Fsp3) is 0.273. The minimum atomic E-state index is -0.656. The van der Waals surface area contributed by atoms with Crippen molar-refractivity contribution in [1.82, 2.24) is 19.3 Å². The third kappa shape index (κ3) is 2.38. The molecule has 0 spiro atoms. The molecule has 0 saturated carbocycles. The summed E-state index contributed by atoms with van der Waals surface area (Å²) in [6.45, 7) is 0.362. The number of hydrogen-bond acceptors (Lipinski definition) is 4. The van der Waals surface area contributed by atoms with Gasteiger partial charge < -0.3 is 0 Å². The summed E-state index contributed by atoms with van der Waals surface area (Å²) < 4.78 is 2.97. The summed E-state index contributed by atoms with van der Waals surface area (Å²) in [7, 11) is 1.81. The van der Waals surface area contributed by atoms with Gasteiger partial charge in [-0.1, -0.05) is 0 Å². The number of aromatic nitrogens is 4. The van der Waals surface area contributed by atoms with Crippen LogP contribution in [0.4, 0.5) is 0 Å². The van der Waals surface area contributed by atoms with Gasteiger partial charge in [-0.2, -0.15) is 10.4 Å². The fourth-order valence-electron chi connectivity index (χ4n) is 1.59. The summed E-state index contributed by atoms with van der Waals surface area (Å²) in [4.78, 5) is 24.8. The Morgan fingerprint density at radius 3 is 2.89 bits per heavy atom. The third-order valence-electron chi connectivity index (χ3n) is 2.51. The van der Waals surface area contributed by atoms with Gasteiger partial charge in [0, 0.05) is 32.4 Å². The van der Waals surface area contributed by atoms with E-state index in [1.54, 1.807) is 10.8 Å². The molecule has 0 aromatic carbocycles. The Labute approximate surface area is 102 Å². The second-order valence-electron chi connectivity index (χ2n) is 3.84. The maximum Gasteiger partial charge on any atom is 0.328 e. The zero-order valence-corrected chi connectivity index (χ0v) is 9.75. The van der Waals surface area contributed by atoms with Gasteiger partial charge in [0.2, 0.25) is 0 Å². The molecule has 0 unspecified atom stereocenters. The van der Waals surface area contributed by atoms with Gasteiger partial charge in [0.05, 0.1) is 5.69 Å². The van der Waals surface area contributed by atoms with E-state index in [0.29, 0.717) is 13.0 Å². The van der Waals surface area contributed by atoms with Crippen LogP contribution in [-0.4, -0.2) is 19.3 Å². The van der Waals surface area contributed by atoms with Gasteiger partial charge in [0.1, 0.15) is 11.6 Å². The Bertz CT molecular complexity index is 716. The molecule has 2 heterocycles. The highest BCUT2D eigenvalue weighted by Gasteiger charge is 2.04. The van der Waals surface area contributed by atoms with E-state index >= 15 is 0 Å². The summed E-state index contributed by atoms with van der Waals surface area (Å²) in [6.07, 6.45) is 3.63. The zero-order valence-electron chi connectivity index (χ0n) is 9.75. The van der Waals surface area contributed by atoms with Gasteiger partial charge in [-0.15, -0.1) is 0 Å². The lowest BCUT2D eigenvalue weighted by Crippen LogP contribution is -2.31. The van der Waals surface area contributed by atoms with Crippen molar-refractivity contribution in [2.75, 3.05) is 0 Å². The highest BCUT2D eigenvalue weighted by Crippen LogP contribution is 1.97. The van der Waals surface area contributed by atoms with Crippen molar-refractivity contribution in [1.29, 1.82) is 5.26 Å². The van der Waals surface area contributed by atoms with Crippen LogP contribution in [0.2, 0.25) is 0 Å². The monoisotopic (exact) mass is 245 g/mol. The fourth-order valence-corrected chi connectivity index (χ4v) is 1.59. The van der Waals surface area contributed by atoms with Crippen LogP contribution in [0.15, 0.2) is 28.0 Å². The summed E-state index contributed by atoms with van der Waals surface area (Å²) >= 11 is 0. The normalized spacial score (nSPS) is 10.2. The largest absolute Gasteiger partial charge is 0.328 e. The SMILES string of the molecule is Cn1ccc(CCn2cc(C#N)c(=O)[nH]c2=O)n1. The van der Waals surface area contributed by atoms with Gasteiger partial charge in [-0.3, -0.25) is 19.0 Å². The standard InChI is InChI=1S/C11H11N5O2/c1-15-4-2-9(14-15)3-5-16-7-8(6-12)10(17)13-11(16)18/h2,4,7H,3,5H2,1H3,(H,13,17,18). The molecule has 0 aliphatic carbocycles. The minimum Gasteiger partial charge on any atom is -0.299 e. The zero-order chi connectivity index (χ0) is 13.1. The smallest absolute Gasteiger partial charge is 0.299 e. The molecule has 1 N–H and O–H groups in total. The molecule has 2 rings (SSSR count). The van der Waals surface area contributed by atoms with E-state index in [1.165, 1.54) is 10.8 Å². The molecule has 0 fully saturated rings. The molecule has 0 atom stereocenters. The number of nitrogens with one attached hydrogen (secondary N) is 1. The number of nitrogens with zero attached hydrogens (tertiary/aromatic N) is 4. The molecule has 92 valence electrons. The minimum absolute atomic E-state index is 0.0735. The van der Waals surface area contributed by atoms with Crippen molar-refractivity contribution >= 4 is 0 Å². The first-order chi connectivity index (χ1) is 8.60. The van der Waals surface area contributed by atoms with E-state index in [-0.39, 0.29) is 5.56 Å². The van der Waals surface area contributed by atoms with E-state index in [2.05, 4.69) is 10.1 Å². The van der Waals surface area contributed by atoms with Crippen LogP contribution in [0.25, 0.3) is 0 Å². The lowest BCUT2D eigenvalue weighted by Gasteiger charge is -2.03. The molecule has 0 bridgehead atoms. The van der Waals surface area contributed by atoms with Crippen molar-refractivity contribution in [3.05, 3.63) is 50.6 Å². The summed E-state index contributed by atoms with van der Waals surface area (Å²) in [5.41, 5.74) is -0.406. The van der Waals surface area contributed by atoms with Crippen molar-refractivity contribution in [2.24, 2.45) is 7.05 Å². The number of aromatic amines is 1. The van der Waals surface area contributed by atoms with Crippen molar-refractivity contribution in [3.8, 4) is 6.07 Å². The summed E-state index contributed by atoms with van der Waals surface area (Å²) in [6, 6.07) is 3.59. The number of rotatable bonds is 3. The predicted octanol–water partition coefficient (Wildman–Crippen LogP) is -0.616. The molecule has 0 aliphatic heterocycles. The maximum atomic E-state index is 11.5. The van der Waals surface area contributed by atoms with E-state index in [4.69, 9.17) is 5.26 Å². The first kappa shape index (κ1) is 11.9. The molecule has 0 amide bonds. The van der Waals surface area contributed by atoms with Crippen LogP contribution < -0.4 is 11.2 Å². The van der Waals surface area contributed by atoms with Crippen LogP contribution in [0, 0.1) is 11.3 Å². The van der Waals surface area contributed by atoms with Crippen LogP contribution >= 0.6 is 0 Å². The van der Waals surface area contributed by atoms with E-state index in [0.717, 1.165) is 5.69 Å². The van der Waals surface area contributed by atoms with E-state index in [9.17, 15) is 9.59 Å². The molecule has 0 saturated heterocycles. The second-order valence-corrected chi connectivity index (χ2v) is 3.84. The lowest BCUT2D eigenvalue weighted by atomic mass is 10.3. The van der Waals surface area contributed by atoms with Crippen LogP contribution in [-0.2, 0) is 20.0 Å². The van der Waals surface area contributed by atoms with Gasteiger partial charge in [0.25, 0.3) is 5.56 Å². The van der Waals surface area contributed by atoms with Crippen LogP contribution in [0.5, 0.6) is 0 Å². The Hall–Kier alpha value is -2.62. The van der Waals surface area contributed by atoms with Gasteiger partial charge in [-0.05, 0) is 6.07 Å². The van der Waals surface area contributed by atoms with E-state index < -0.39 is 11.2 Å². The molecule has 2 aromatic heterocycles.